The molecule has 3 rings (SSSR count). The van der Waals surface area contributed by atoms with E-state index in [9.17, 15) is 0 Å². The van der Waals surface area contributed by atoms with Crippen molar-refractivity contribution in [2.24, 2.45) is 0 Å². The minimum absolute atomic E-state index is 0.373. The summed E-state index contributed by atoms with van der Waals surface area (Å²) in [5, 5.41) is 4.77. The smallest absolute Gasteiger partial charge is 0.0758 e. The first-order chi connectivity index (χ1) is 9.78. The molecule has 20 heavy (non-hydrogen) atoms. The fourth-order valence-corrected chi connectivity index (χ4v) is 3.10. The molecule has 2 atom stereocenters. The van der Waals surface area contributed by atoms with Gasteiger partial charge in [0.2, 0.25) is 0 Å². The van der Waals surface area contributed by atoms with E-state index < -0.39 is 0 Å². The van der Waals surface area contributed by atoms with Crippen LogP contribution in [0.4, 0.5) is 0 Å². The molecule has 108 valence electrons. The standard InChI is InChI=1S/C17H24N2O/c1-3-18-11-14-5-4-6-17-16(14)9-10-19(17)12-15-8-7-13(2)20-15/h4-6,9-10,13,15,18H,3,7-8,11-12H2,1-2H3. The quantitative estimate of drug-likeness (QED) is 0.903. The number of hydrogen-bond donors (Lipinski definition) is 1. The van der Waals surface area contributed by atoms with Gasteiger partial charge >= 0.3 is 0 Å². The lowest BCUT2D eigenvalue weighted by molar-refractivity contribution is 0.0465. The van der Waals surface area contributed by atoms with Gasteiger partial charge in [0.25, 0.3) is 0 Å². The minimum atomic E-state index is 0.373. The number of fused-ring (bicyclic) bond motifs is 1. The third-order valence-electron chi connectivity index (χ3n) is 4.19. The first-order valence-electron chi connectivity index (χ1n) is 7.71. The van der Waals surface area contributed by atoms with Crippen molar-refractivity contribution >= 4 is 10.9 Å². The Kier molecular flexibility index (Phi) is 4.08. The Morgan fingerprint density at radius 3 is 2.95 bits per heavy atom. The zero-order valence-electron chi connectivity index (χ0n) is 12.4. The number of aromatic nitrogens is 1. The average molecular weight is 272 g/mol. The fraction of sp³-hybridized carbons (Fsp3) is 0.529. The second-order valence-electron chi connectivity index (χ2n) is 5.74. The lowest BCUT2D eigenvalue weighted by Crippen LogP contribution is -2.16. The molecular formula is C17H24N2O. The monoisotopic (exact) mass is 272 g/mol. The van der Waals surface area contributed by atoms with Crippen molar-refractivity contribution in [2.45, 2.75) is 52.0 Å². The largest absolute Gasteiger partial charge is 0.373 e. The summed E-state index contributed by atoms with van der Waals surface area (Å²) in [4.78, 5) is 0. The van der Waals surface area contributed by atoms with Crippen LogP contribution in [0.2, 0.25) is 0 Å². The Hall–Kier alpha value is -1.32. The maximum Gasteiger partial charge on any atom is 0.0758 e. The molecular weight excluding hydrogens is 248 g/mol. The Balaban J connectivity index is 1.82. The van der Waals surface area contributed by atoms with Gasteiger partial charge in [0, 0.05) is 30.2 Å². The van der Waals surface area contributed by atoms with Gasteiger partial charge in [-0.25, -0.2) is 0 Å². The van der Waals surface area contributed by atoms with Gasteiger partial charge in [-0.1, -0.05) is 19.1 Å². The van der Waals surface area contributed by atoms with E-state index >= 15 is 0 Å². The molecule has 0 amide bonds. The van der Waals surface area contributed by atoms with E-state index in [0.717, 1.165) is 19.6 Å². The highest BCUT2D eigenvalue weighted by Gasteiger charge is 2.22. The molecule has 2 aromatic rings. The Morgan fingerprint density at radius 2 is 2.20 bits per heavy atom. The van der Waals surface area contributed by atoms with Crippen LogP contribution in [0.1, 0.15) is 32.3 Å². The molecule has 1 fully saturated rings. The summed E-state index contributed by atoms with van der Waals surface area (Å²) < 4.78 is 8.29. The second-order valence-corrected chi connectivity index (χ2v) is 5.74. The summed E-state index contributed by atoms with van der Waals surface area (Å²) in [6, 6.07) is 8.82. The molecule has 0 saturated carbocycles. The van der Waals surface area contributed by atoms with Gasteiger partial charge in [-0.15, -0.1) is 0 Å². The highest BCUT2D eigenvalue weighted by Crippen LogP contribution is 2.24. The summed E-state index contributed by atoms with van der Waals surface area (Å²) in [5.74, 6) is 0. The van der Waals surface area contributed by atoms with Crippen LogP contribution in [0.3, 0.4) is 0 Å². The molecule has 1 N–H and O–H groups in total. The third kappa shape index (κ3) is 2.74. The topological polar surface area (TPSA) is 26.2 Å². The number of nitrogens with one attached hydrogen (secondary N) is 1. The molecule has 3 heteroatoms. The van der Waals surface area contributed by atoms with Crippen molar-refractivity contribution in [3.63, 3.8) is 0 Å². The average Bonchev–Trinajstić information content (AvgIpc) is 3.04. The zero-order chi connectivity index (χ0) is 13.9. The predicted molar refractivity (Wildman–Crippen MR) is 82.9 cm³/mol. The van der Waals surface area contributed by atoms with Gasteiger partial charge in [-0.2, -0.15) is 0 Å². The van der Waals surface area contributed by atoms with Crippen LogP contribution in [0.15, 0.2) is 30.5 Å². The van der Waals surface area contributed by atoms with E-state index in [4.69, 9.17) is 4.74 Å². The van der Waals surface area contributed by atoms with Crippen molar-refractivity contribution in [1.82, 2.24) is 9.88 Å². The molecule has 1 aromatic heterocycles. The molecule has 0 spiro atoms. The minimum Gasteiger partial charge on any atom is -0.373 e. The van der Waals surface area contributed by atoms with E-state index in [2.05, 4.69) is 54.2 Å². The van der Waals surface area contributed by atoms with Gasteiger partial charge in [-0.3, -0.25) is 0 Å². The van der Waals surface area contributed by atoms with Crippen LogP contribution < -0.4 is 5.32 Å². The van der Waals surface area contributed by atoms with Crippen LogP contribution >= 0.6 is 0 Å². The first-order valence-corrected chi connectivity index (χ1v) is 7.71. The van der Waals surface area contributed by atoms with Crippen LogP contribution in [0.25, 0.3) is 10.9 Å². The Morgan fingerprint density at radius 1 is 1.30 bits per heavy atom. The Labute approximate surface area is 120 Å². The Bertz CT molecular complexity index is 575. The normalized spacial score (nSPS) is 22.7. The van der Waals surface area contributed by atoms with E-state index in [1.165, 1.54) is 29.3 Å². The first kappa shape index (κ1) is 13.7. The predicted octanol–water partition coefficient (Wildman–Crippen LogP) is 3.32. The number of benzene rings is 1. The highest BCUT2D eigenvalue weighted by molar-refractivity contribution is 5.83. The van der Waals surface area contributed by atoms with Crippen molar-refractivity contribution < 1.29 is 4.74 Å². The van der Waals surface area contributed by atoms with Crippen molar-refractivity contribution in [3.05, 3.63) is 36.0 Å². The zero-order valence-corrected chi connectivity index (χ0v) is 12.4. The molecule has 1 aliphatic rings. The van der Waals surface area contributed by atoms with Gasteiger partial charge in [0.15, 0.2) is 0 Å². The summed E-state index contributed by atoms with van der Waals surface area (Å²) >= 11 is 0. The third-order valence-corrected chi connectivity index (χ3v) is 4.19. The summed E-state index contributed by atoms with van der Waals surface area (Å²) in [6.45, 7) is 7.23. The van der Waals surface area contributed by atoms with E-state index in [-0.39, 0.29) is 0 Å². The second kappa shape index (κ2) is 5.98. The molecule has 1 saturated heterocycles. The van der Waals surface area contributed by atoms with Crippen LogP contribution in [-0.4, -0.2) is 23.3 Å². The molecule has 2 heterocycles. The van der Waals surface area contributed by atoms with E-state index in [1.54, 1.807) is 0 Å². The van der Waals surface area contributed by atoms with Crippen molar-refractivity contribution in [3.8, 4) is 0 Å². The SMILES string of the molecule is CCNCc1cccc2c1ccn2CC1CCC(C)O1. The fourth-order valence-electron chi connectivity index (χ4n) is 3.10. The number of hydrogen-bond acceptors (Lipinski definition) is 2. The van der Waals surface area contributed by atoms with E-state index in [1.807, 2.05) is 0 Å². The molecule has 0 bridgehead atoms. The highest BCUT2D eigenvalue weighted by atomic mass is 16.5. The van der Waals surface area contributed by atoms with Gasteiger partial charge in [-0.05, 0) is 44.0 Å². The molecule has 1 aromatic carbocycles. The molecule has 1 aliphatic heterocycles. The van der Waals surface area contributed by atoms with Gasteiger partial charge in [0.1, 0.15) is 0 Å². The van der Waals surface area contributed by atoms with E-state index in [0.29, 0.717) is 12.2 Å². The van der Waals surface area contributed by atoms with Crippen LogP contribution in [0, 0.1) is 0 Å². The summed E-state index contributed by atoms with van der Waals surface area (Å²) in [7, 11) is 0. The maximum absolute atomic E-state index is 5.95. The molecule has 3 nitrogen and oxygen atoms in total. The van der Waals surface area contributed by atoms with Crippen molar-refractivity contribution in [1.29, 1.82) is 0 Å². The summed E-state index contributed by atoms with van der Waals surface area (Å²) in [6.07, 6.45) is 5.36. The number of ether oxygens (including phenoxy) is 1. The molecule has 0 radical (unpaired) electrons. The number of nitrogens with zero attached hydrogens (tertiary/aromatic N) is 1. The lowest BCUT2D eigenvalue weighted by atomic mass is 10.1. The molecule has 0 aliphatic carbocycles. The molecule has 2 unspecified atom stereocenters. The lowest BCUT2D eigenvalue weighted by Gasteiger charge is -2.13. The number of rotatable bonds is 5. The summed E-state index contributed by atoms with van der Waals surface area (Å²) in [5.41, 5.74) is 2.70. The van der Waals surface area contributed by atoms with Crippen LogP contribution in [-0.2, 0) is 17.8 Å². The van der Waals surface area contributed by atoms with Gasteiger partial charge in [0.05, 0.1) is 12.2 Å². The maximum atomic E-state index is 5.95. The van der Waals surface area contributed by atoms with Gasteiger partial charge < -0.3 is 14.6 Å². The van der Waals surface area contributed by atoms with Crippen LogP contribution in [0.5, 0.6) is 0 Å². The van der Waals surface area contributed by atoms with Crippen molar-refractivity contribution in [2.75, 3.05) is 6.54 Å².